The first-order valence-corrected chi connectivity index (χ1v) is 12.1. The molecule has 0 atom stereocenters. The van der Waals surface area contributed by atoms with Gasteiger partial charge in [-0.15, -0.1) is 0 Å². The lowest BCUT2D eigenvalue weighted by Gasteiger charge is -2.33. The molecule has 0 aromatic rings. The minimum atomic E-state index is -0.969. The van der Waals surface area contributed by atoms with Crippen LogP contribution in [-0.2, 0) is 38.2 Å². The maximum absolute atomic E-state index is 12.7. The molecule has 0 aliphatic carbocycles. The van der Waals surface area contributed by atoms with Crippen molar-refractivity contribution in [2.45, 2.75) is 12.8 Å². The highest BCUT2D eigenvalue weighted by Gasteiger charge is 2.23. The molecule has 1 saturated heterocycles. The van der Waals surface area contributed by atoms with Crippen molar-refractivity contribution in [3.8, 4) is 0 Å². The number of Topliss-reactive ketones (excluding diaryl/α,β-unsaturated/α-hetero) is 1. The smallest absolute Gasteiger partial charge is 0.317 e. The zero-order valence-corrected chi connectivity index (χ0v) is 20.9. The van der Waals surface area contributed by atoms with E-state index in [9.17, 15) is 33.9 Å². The molecule has 0 saturated carbocycles. The van der Waals surface area contributed by atoms with Crippen LogP contribution in [0.3, 0.4) is 0 Å². The summed E-state index contributed by atoms with van der Waals surface area (Å²) in [5.41, 5.74) is 0. The highest BCUT2D eigenvalue weighted by Crippen LogP contribution is 2.07. The highest BCUT2D eigenvalue weighted by molar-refractivity contribution is 6.12. The first kappa shape index (κ1) is 30.0. The average molecular weight is 526 g/mol. The van der Waals surface area contributed by atoms with Gasteiger partial charge in [-0.1, -0.05) is 0 Å². The number of carboxylic acids is 1. The van der Waals surface area contributed by atoms with Gasteiger partial charge in [0.05, 0.1) is 13.1 Å². The molecular weight excluding hydrogens is 490 g/mol. The quantitative estimate of drug-likeness (QED) is 0.193. The first-order chi connectivity index (χ1) is 17.8. The zero-order chi connectivity index (χ0) is 27.0. The van der Waals surface area contributed by atoms with Crippen molar-refractivity contribution in [1.29, 1.82) is 0 Å². The summed E-state index contributed by atoms with van der Waals surface area (Å²) in [6.45, 7) is 4.56. The third-order valence-electron chi connectivity index (χ3n) is 6.08. The van der Waals surface area contributed by atoms with E-state index in [1.165, 1.54) is 12.2 Å². The number of aliphatic carboxylic acids is 1. The van der Waals surface area contributed by atoms with E-state index in [0.717, 1.165) is 4.90 Å². The Morgan fingerprint density at radius 3 is 1.62 bits per heavy atom. The van der Waals surface area contributed by atoms with Crippen molar-refractivity contribution in [1.82, 2.24) is 24.5 Å². The number of ketones is 1. The second-order valence-corrected chi connectivity index (χ2v) is 8.77. The van der Waals surface area contributed by atoms with E-state index in [1.807, 2.05) is 14.7 Å². The molecule has 2 rings (SSSR count). The number of hydrogen-bond acceptors (Lipinski definition) is 12. The van der Waals surface area contributed by atoms with E-state index >= 15 is 0 Å². The molecule has 0 spiro atoms. The van der Waals surface area contributed by atoms with Crippen LogP contribution in [0.1, 0.15) is 12.8 Å². The van der Waals surface area contributed by atoms with Crippen LogP contribution >= 0.6 is 0 Å². The van der Waals surface area contributed by atoms with Gasteiger partial charge < -0.3 is 14.6 Å². The summed E-state index contributed by atoms with van der Waals surface area (Å²) >= 11 is 0. The van der Waals surface area contributed by atoms with E-state index in [4.69, 9.17) is 9.47 Å². The number of carbonyl (C=O) groups excluding carboxylic acids is 5. The Kier molecular flexibility index (Phi) is 13.4. The van der Waals surface area contributed by atoms with Crippen LogP contribution in [0.15, 0.2) is 12.2 Å². The van der Waals surface area contributed by atoms with Crippen molar-refractivity contribution in [2.24, 2.45) is 0 Å². The number of amides is 2. The van der Waals surface area contributed by atoms with Crippen LogP contribution in [0, 0.1) is 0 Å². The van der Waals surface area contributed by atoms with Crippen molar-refractivity contribution < 1.29 is 43.3 Å². The fourth-order valence-electron chi connectivity index (χ4n) is 4.03. The lowest BCUT2D eigenvalue weighted by molar-refractivity contribution is -0.139. The molecule has 0 radical (unpaired) electrons. The van der Waals surface area contributed by atoms with Crippen LogP contribution in [0.2, 0.25) is 0 Å². The van der Waals surface area contributed by atoms with Gasteiger partial charge in [0.25, 0.3) is 24.8 Å². The van der Waals surface area contributed by atoms with Gasteiger partial charge in [-0.25, -0.2) is 0 Å². The summed E-state index contributed by atoms with van der Waals surface area (Å²) in [6.07, 6.45) is 2.96. The minimum absolute atomic E-state index is 0.0537. The Morgan fingerprint density at radius 1 is 0.757 bits per heavy atom. The monoisotopic (exact) mass is 525 g/mol. The van der Waals surface area contributed by atoms with Crippen LogP contribution in [0.25, 0.3) is 0 Å². The van der Waals surface area contributed by atoms with Gasteiger partial charge in [0, 0.05) is 77.5 Å². The molecule has 2 aliphatic heterocycles. The Hall–Kier alpha value is -3.20. The molecule has 0 bridgehead atoms. The van der Waals surface area contributed by atoms with Crippen LogP contribution in [-0.4, -0.2) is 152 Å². The molecule has 2 amide bonds. The largest absolute Gasteiger partial charge is 0.480 e. The molecule has 0 unspecified atom stereocenters. The SMILES string of the molecule is O=COCN1CCN(COC=O)CCN(CC(=O)CCCN2C(=O)C=CC2=O)CCN(CC(=O)O)CC1. The number of hydrogen-bond donors (Lipinski definition) is 1. The zero-order valence-electron chi connectivity index (χ0n) is 20.9. The van der Waals surface area contributed by atoms with Crippen molar-refractivity contribution in [2.75, 3.05) is 85.5 Å². The molecule has 0 aromatic carbocycles. The third kappa shape index (κ3) is 11.6. The summed E-state index contributed by atoms with van der Waals surface area (Å²) in [4.78, 5) is 77.3. The van der Waals surface area contributed by atoms with Crippen molar-refractivity contribution >= 4 is 36.5 Å². The summed E-state index contributed by atoms with van der Waals surface area (Å²) in [7, 11) is 0. The Bertz CT molecular complexity index is 819. The molecule has 14 heteroatoms. The van der Waals surface area contributed by atoms with E-state index in [0.29, 0.717) is 71.7 Å². The standard InChI is InChI=1S/C23H35N5O9/c29-18-36-16-26-10-8-24(14-20(31)2-1-5-28-21(32)3-4-22(28)33)6-7-25(15-23(34)35)9-11-27(13-12-26)17-37-19-30/h3-4,18-19H,1-2,5-17H2,(H,34,35). The van der Waals surface area contributed by atoms with Crippen LogP contribution in [0.5, 0.6) is 0 Å². The van der Waals surface area contributed by atoms with E-state index in [-0.39, 0.29) is 57.1 Å². The van der Waals surface area contributed by atoms with Crippen LogP contribution < -0.4 is 0 Å². The fourth-order valence-corrected chi connectivity index (χ4v) is 4.03. The fraction of sp³-hybridized carbons (Fsp3) is 0.652. The molecule has 1 fully saturated rings. The van der Waals surface area contributed by atoms with Gasteiger partial charge in [0.1, 0.15) is 19.2 Å². The predicted octanol–water partition coefficient (Wildman–Crippen LogP) is -2.17. The number of ether oxygens (including phenoxy) is 2. The van der Waals surface area contributed by atoms with Gasteiger partial charge in [0.15, 0.2) is 0 Å². The molecule has 37 heavy (non-hydrogen) atoms. The van der Waals surface area contributed by atoms with Gasteiger partial charge in [0.2, 0.25) is 0 Å². The van der Waals surface area contributed by atoms with Gasteiger partial charge >= 0.3 is 5.97 Å². The van der Waals surface area contributed by atoms with Gasteiger partial charge in [-0.2, -0.15) is 0 Å². The lowest BCUT2D eigenvalue weighted by Crippen LogP contribution is -2.48. The Labute approximate surface area is 215 Å². The number of rotatable bonds is 14. The normalized spacial score (nSPS) is 19.3. The predicted molar refractivity (Wildman–Crippen MR) is 128 cm³/mol. The lowest BCUT2D eigenvalue weighted by atomic mass is 10.2. The Morgan fingerprint density at radius 2 is 1.19 bits per heavy atom. The number of nitrogens with zero attached hydrogens (tertiary/aromatic N) is 5. The van der Waals surface area contributed by atoms with E-state index in [2.05, 4.69) is 0 Å². The number of carboxylic acid groups (broad SMARTS) is 1. The summed E-state index contributed by atoms with van der Waals surface area (Å²) in [5, 5.41) is 9.32. The van der Waals surface area contributed by atoms with E-state index < -0.39 is 5.97 Å². The molecule has 2 heterocycles. The number of imide groups is 1. The topological polar surface area (TPSA) is 157 Å². The summed E-state index contributed by atoms with van der Waals surface area (Å²) in [5.74, 6) is -1.79. The average Bonchev–Trinajstić information content (AvgIpc) is 3.18. The van der Waals surface area contributed by atoms with Gasteiger partial charge in [-0.3, -0.25) is 53.3 Å². The molecule has 2 aliphatic rings. The third-order valence-corrected chi connectivity index (χ3v) is 6.08. The van der Waals surface area contributed by atoms with Gasteiger partial charge in [-0.05, 0) is 6.42 Å². The van der Waals surface area contributed by atoms with Crippen LogP contribution in [0.4, 0.5) is 0 Å². The summed E-state index contributed by atoms with van der Waals surface area (Å²) < 4.78 is 9.81. The maximum Gasteiger partial charge on any atom is 0.317 e. The second kappa shape index (κ2) is 16.5. The van der Waals surface area contributed by atoms with Crippen molar-refractivity contribution in [3.63, 3.8) is 0 Å². The maximum atomic E-state index is 12.7. The molecular formula is C23H35N5O9. The number of carbonyl (C=O) groups is 6. The molecule has 14 nitrogen and oxygen atoms in total. The first-order valence-electron chi connectivity index (χ1n) is 12.1. The van der Waals surface area contributed by atoms with Crippen molar-refractivity contribution in [3.05, 3.63) is 12.2 Å². The highest BCUT2D eigenvalue weighted by atomic mass is 16.5. The van der Waals surface area contributed by atoms with E-state index in [1.54, 1.807) is 4.90 Å². The molecule has 1 N–H and O–H groups in total. The molecule has 0 aromatic heterocycles. The Balaban J connectivity index is 1.99. The summed E-state index contributed by atoms with van der Waals surface area (Å²) in [6, 6.07) is 0. The minimum Gasteiger partial charge on any atom is -0.480 e. The second-order valence-electron chi connectivity index (χ2n) is 8.77. The molecule has 206 valence electrons.